The van der Waals surface area contributed by atoms with Crippen molar-refractivity contribution < 1.29 is 23.9 Å². The Morgan fingerprint density at radius 1 is 1.20 bits per heavy atom. The monoisotopic (exact) mass is 483 g/mol. The first-order chi connectivity index (χ1) is 16.6. The topological polar surface area (TPSA) is 88.2 Å². The van der Waals surface area contributed by atoms with E-state index in [4.69, 9.17) is 9.47 Å². The molecule has 1 aromatic rings. The van der Waals surface area contributed by atoms with Crippen LogP contribution in [0.3, 0.4) is 0 Å². The number of nitrogens with zero attached hydrogens (tertiary/aromatic N) is 2. The number of hydrogen-bond acceptors (Lipinski definition) is 5. The van der Waals surface area contributed by atoms with Gasteiger partial charge in [-0.05, 0) is 52.5 Å². The second kappa shape index (κ2) is 9.21. The van der Waals surface area contributed by atoms with Crippen LogP contribution in [0.2, 0.25) is 0 Å². The van der Waals surface area contributed by atoms with Crippen LogP contribution in [-0.2, 0) is 21.5 Å². The molecule has 0 bridgehead atoms. The standard InChI is InChI=1S/C25H31N3O5.C2H6/c1-15-5-8-19(21(29)26-15)28-13-17-16(22(28)30)6-7-18-20(17)32-14-25(18)9-11-27(12-10-25)23(31)33-24(2,3)4;1-2/h6-7,19H,1,5,8-14H2,2-4H3,(H,26,29);1-2H3. The Hall–Kier alpha value is -3.03. The second-order valence-corrected chi connectivity index (χ2v) is 10.6. The lowest BCUT2D eigenvalue weighted by molar-refractivity contribution is -0.126. The molecule has 2 fully saturated rings. The van der Waals surface area contributed by atoms with Crippen molar-refractivity contribution in [2.45, 2.75) is 83.9 Å². The smallest absolute Gasteiger partial charge is 0.410 e. The molecule has 0 radical (unpaired) electrons. The number of likely N-dealkylation sites (tertiary alicyclic amines) is 1. The molecule has 2 saturated heterocycles. The molecule has 1 atom stereocenters. The number of nitrogens with one attached hydrogen (secondary N) is 1. The minimum atomic E-state index is -0.517. The summed E-state index contributed by atoms with van der Waals surface area (Å²) in [7, 11) is 0. The summed E-state index contributed by atoms with van der Waals surface area (Å²) in [5.74, 6) is 0.496. The van der Waals surface area contributed by atoms with E-state index in [-0.39, 0.29) is 23.3 Å². The Morgan fingerprint density at radius 3 is 2.51 bits per heavy atom. The Labute approximate surface area is 207 Å². The maximum Gasteiger partial charge on any atom is 0.410 e. The normalized spacial score (nSPS) is 22.7. The van der Waals surface area contributed by atoms with Crippen LogP contribution < -0.4 is 10.1 Å². The van der Waals surface area contributed by atoms with Crippen LogP contribution in [0.4, 0.5) is 4.79 Å². The van der Waals surface area contributed by atoms with Crippen molar-refractivity contribution in [2.24, 2.45) is 0 Å². The van der Waals surface area contributed by atoms with Crippen molar-refractivity contribution in [3.63, 3.8) is 0 Å². The predicted molar refractivity (Wildman–Crippen MR) is 132 cm³/mol. The molecule has 0 aliphatic carbocycles. The molecule has 4 aliphatic rings. The van der Waals surface area contributed by atoms with Crippen LogP contribution in [0.1, 0.15) is 81.8 Å². The Balaban J connectivity index is 0.00000141. The van der Waals surface area contributed by atoms with Gasteiger partial charge in [0.05, 0.1) is 13.2 Å². The number of piperidine rings is 2. The van der Waals surface area contributed by atoms with Crippen LogP contribution in [0.15, 0.2) is 24.4 Å². The van der Waals surface area contributed by atoms with Crippen molar-refractivity contribution in [3.05, 3.63) is 41.1 Å². The summed E-state index contributed by atoms with van der Waals surface area (Å²) in [5, 5.41) is 2.78. The summed E-state index contributed by atoms with van der Waals surface area (Å²) < 4.78 is 11.7. The van der Waals surface area contributed by atoms with E-state index in [9.17, 15) is 14.4 Å². The summed E-state index contributed by atoms with van der Waals surface area (Å²) in [6.07, 6.45) is 2.53. The SMILES string of the molecule is C=C1CCC(N2Cc3c(ccc4c3OCC43CCN(C(=O)OC(C)(C)C)CC3)C2=O)C(=O)N1.CC. The van der Waals surface area contributed by atoms with E-state index in [0.29, 0.717) is 50.3 Å². The molecule has 4 aliphatic heterocycles. The molecule has 35 heavy (non-hydrogen) atoms. The van der Waals surface area contributed by atoms with E-state index < -0.39 is 11.6 Å². The molecule has 1 aromatic carbocycles. The molecule has 0 saturated carbocycles. The van der Waals surface area contributed by atoms with Crippen LogP contribution in [0.5, 0.6) is 5.75 Å². The number of carbonyl (C=O) groups excluding carboxylic acids is 3. The van der Waals surface area contributed by atoms with Gasteiger partial charge in [-0.15, -0.1) is 0 Å². The third kappa shape index (κ3) is 4.50. The number of hydrogen-bond donors (Lipinski definition) is 1. The van der Waals surface area contributed by atoms with E-state index >= 15 is 0 Å². The number of carbonyl (C=O) groups is 3. The average Bonchev–Trinajstić information content (AvgIpc) is 3.33. The number of fused-ring (bicyclic) bond motifs is 4. The molecule has 8 heteroatoms. The van der Waals surface area contributed by atoms with E-state index in [2.05, 4.69) is 11.9 Å². The summed E-state index contributed by atoms with van der Waals surface area (Å²) in [4.78, 5) is 41.5. The maximum absolute atomic E-state index is 13.1. The van der Waals surface area contributed by atoms with Gasteiger partial charge in [0.1, 0.15) is 17.4 Å². The summed E-state index contributed by atoms with van der Waals surface area (Å²) in [6, 6.07) is 3.40. The van der Waals surface area contributed by atoms with Gasteiger partial charge in [0.25, 0.3) is 5.91 Å². The Bertz CT molecular complexity index is 1050. The molecule has 0 aromatic heterocycles. The summed E-state index contributed by atoms with van der Waals surface area (Å²) in [6.45, 7) is 15.6. The van der Waals surface area contributed by atoms with Crippen molar-refractivity contribution in [1.82, 2.24) is 15.1 Å². The highest BCUT2D eigenvalue weighted by molar-refractivity contribution is 6.02. The number of benzene rings is 1. The van der Waals surface area contributed by atoms with Crippen molar-refractivity contribution >= 4 is 17.9 Å². The fraction of sp³-hybridized carbons (Fsp3) is 0.593. The lowest BCUT2D eigenvalue weighted by Gasteiger charge is -2.38. The van der Waals surface area contributed by atoms with Gasteiger partial charge >= 0.3 is 6.09 Å². The average molecular weight is 484 g/mol. The highest BCUT2D eigenvalue weighted by Crippen LogP contribution is 2.49. The van der Waals surface area contributed by atoms with E-state index in [1.807, 2.05) is 46.8 Å². The molecule has 3 amide bonds. The highest BCUT2D eigenvalue weighted by atomic mass is 16.6. The van der Waals surface area contributed by atoms with E-state index in [1.165, 1.54) is 0 Å². The van der Waals surface area contributed by atoms with Crippen LogP contribution in [-0.4, -0.2) is 59.0 Å². The van der Waals surface area contributed by atoms with Gasteiger partial charge in [-0.3, -0.25) is 9.59 Å². The van der Waals surface area contributed by atoms with Crippen molar-refractivity contribution in [2.75, 3.05) is 19.7 Å². The zero-order chi connectivity index (χ0) is 25.5. The Morgan fingerprint density at radius 2 is 1.89 bits per heavy atom. The molecule has 4 heterocycles. The van der Waals surface area contributed by atoms with Crippen LogP contribution in [0, 0.1) is 0 Å². The third-order valence-electron chi connectivity index (χ3n) is 7.22. The zero-order valence-electron chi connectivity index (χ0n) is 21.5. The van der Waals surface area contributed by atoms with Gasteiger partial charge in [-0.2, -0.15) is 0 Å². The quantitative estimate of drug-likeness (QED) is 0.649. The first kappa shape index (κ1) is 25.1. The molecule has 190 valence electrons. The van der Waals surface area contributed by atoms with Gasteiger partial charge in [0.2, 0.25) is 5.91 Å². The molecule has 8 nitrogen and oxygen atoms in total. The van der Waals surface area contributed by atoms with Crippen molar-refractivity contribution in [1.29, 1.82) is 0 Å². The zero-order valence-corrected chi connectivity index (χ0v) is 21.5. The summed E-state index contributed by atoms with van der Waals surface area (Å²) in [5.41, 5.74) is 2.62. The second-order valence-electron chi connectivity index (χ2n) is 10.6. The van der Waals surface area contributed by atoms with Crippen molar-refractivity contribution in [3.8, 4) is 5.75 Å². The lowest BCUT2D eigenvalue weighted by atomic mass is 9.74. The van der Waals surface area contributed by atoms with Gasteiger partial charge in [-0.1, -0.05) is 26.5 Å². The number of allylic oxidation sites excluding steroid dienone is 1. The van der Waals surface area contributed by atoms with Gasteiger partial charge in [0.15, 0.2) is 0 Å². The van der Waals surface area contributed by atoms with E-state index in [1.54, 1.807) is 9.80 Å². The molecular weight excluding hydrogens is 446 g/mol. The first-order valence-corrected chi connectivity index (χ1v) is 12.6. The molecule has 1 unspecified atom stereocenters. The van der Waals surface area contributed by atoms with Gasteiger partial charge in [-0.25, -0.2) is 4.79 Å². The Kier molecular flexibility index (Phi) is 6.60. The fourth-order valence-electron chi connectivity index (χ4n) is 5.42. The fourth-order valence-corrected chi connectivity index (χ4v) is 5.42. The maximum atomic E-state index is 13.1. The minimum Gasteiger partial charge on any atom is -0.492 e. The number of ether oxygens (including phenoxy) is 2. The van der Waals surface area contributed by atoms with E-state index in [0.717, 1.165) is 29.7 Å². The van der Waals surface area contributed by atoms with Crippen LogP contribution >= 0.6 is 0 Å². The first-order valence-electron chi connectivity index (χ1n) is 12.6. The highest BCUT2D eigenvalue weighted by Gasteiger charge is 2.48. The van der Waals surface area contributed by atoms with Crippen LogP contribution in [0.25, 0.3) is 0 Å². The molecule has 1 N–H and O–H groups in total. The third-order valence-corrected chi connectivity index (χ3v) is 7.22. The minimum absolute atomic E-state index is 0.121. The largest absolute Gasteiger partial charge is 0.492 e. The predicted octanol–water partition coefficient (Wildman–Crippen LogP) is 4.12. The van der Waals surface area contributed by atoms with Gasteiger partial charge in [0, 0.05) is 40.9 Å². The lowest BCUT2D eigenvalue weighted by Crippen LogP contribution is -2.49. The number of rotatable bonds is 1. The molecule has 5 rings (SSSR count). The molecule has 1 spiro atoms. The molecular formula is C27H37N3O5. The number of amides is 3. The summed E-state index contributed by atoms with van der Waals surface area (Å²) >= 11 is 0. The van der Waals surface area contributed by atoms with Gasteiger partial charge < -0.3 is 24.6 Å².